The maximum Gasteiger partial charge on any atom is 0.226 e. The lowest BCUT2D eigenvalue weighted by molar-refractivity contribution is -0.144. The number of amides is 2. The average Bonchev–Trinajstić information content (AvgIpc) is 2.58. The maximum atomic E-state index is 12.6. The number of aromatic nitrogens is 2. The quantitative estimate of drug-likeness (QED) is 0.769. The zero-order valence-corrected chi connectivity index (χ0v) is 12.8. The highest BCUT2D eigenvalue weighted by molar-refractivity contribution is 5.87. The van der Waals surface area contributed by atoms with E-state index in [2.05, 4.69) is 14.9 Å². The van der Waals surface area contributed by atoms with E-state index in [1.54, 1.807) is 30.5 Å². The van der Waals surface area contributed by atoms with Gasteiger partial charge in [0.15, 0.2) is 0 Å². The van der Waals surface area contributed by atoms with E-state index >= 15 is 0 Å². The Balaban J connectivity index is 1.55. The molecule has 7 heteroatoms. The second kappa shape index (κ2) is 6.29. The standard InChI is InChI=1S/C15H21N5O2/c1-18-5-2-12(10-14(18)21)15(22)20-8-6-19(7-9-20)13-11-16-3-4-17-13/h3-4,11-12H,2,5-10H2,1H3. The van der Waals surface area contributed by atoms with Crippen LogP contribution in [0.25, 0.3) is 0 Å². The third kappa shape index (κ3) is 3.03. The molecule has 1 unspecified atom stereocenters. The minimum atomic E-state index is -0.147. The Morgan fingerprint density at radius 2 is 1.95 bits per heavy atom. The van der Waals surface area contributed by atoms with Crippen LogP contribution < -0.4 is 4.90 Å². The lowest BCUT2D eigenvalue weighted by Crippen LogP contribution is -2.52. The van der Waals surface area contributed by atoms with Crippen molar-refractivity contribution in [1.29, 1.82) is 0 Å². The molecule has 0 aliphatic carbocycles. The summed E-state index contributed by atoms with van der Waals surface area (Å²) in [5.41, 5.74) is 0. The first kappa shape index (κ1) is 14.7. The molecule has 22 heavy (non-hydrogen) atoms. The van der Waals surface area contributed by atoms with Gasteiger partial charge in [-0.05, 0) is 6.42 Å². The summed E-state index contributed by atoms with van der Waals surface area (Å²) in [5, 5.41) is 0. The van der Waals surface area contributed by atoms with E-state index < -0.39 is 0 Å². The van der Waals surface area contributed by atoms with Gasteiger partial charge in [-0.2, -0.15) is 0 Å². The predicted octanol–water partition coefficient (Wildman–Crippen LogP) is -0.00640. The lowest BCUT2D eigenvalue weighted by Gasteiger charge is -2.38. The van der Waals surface area contributed by atoms with Crippen molar-refractivity contribution in [1.82, 2.24) is 19.8 Å². The Kier molecular flexibility index (Phi) is 4.22. The van der Waals surface area contributed by atoms with Crippen molar-refractivity contribution in [3.8, 4) is 0 Å². The van der Waals surface area contributed by atoms with Crippen LogP contribution in [-0.2, 0) is 9.59 Å². The van der Waals surface area contributed by atoms with Crippen LogP contribution in [0.15, 0.2) is 18.6 Å². The smallest absolute Gasteiger partial charge is 0.226 e. The molecule has 1 aromatic heterocycles. The highest BCUT2D eigenvalue weighted by Crippen LogP contribution is 2.21. The Bertz CT molecular complexity index is 542. The largest absolute Gasteiger partial charge is 0.352 e. The molecule has 0 saturated carbocycles. The van der Waals surface area contributed by atoms with E-state index in [9.17, 15) is 9.59 Å². The second-order valence-electron chi connectivity index (χ2n) is 5.88. The van der Waals surface area contributed by atoms with Gasteiger partial charge in [-0.1, -0.05) is 0 Å². The molecule has 2 aliphatic heterocycles. The number of carbonyl (C=O) groups is 2. The van der Waals surface area contributed by atoms with E-state index in [1.165, 1.54) is 0 Å². The number of hydrogen-bond acceptors (Lipinski definition) is 5. The number of anilines is 1. The first-order chi connectivity index (χ1) is 10.6. The molecule has 2 amide bonds. The van der Waals surface area contributed by atoms with Crippen molar-refractivity contribution in [2.75, 3.05) is 44.7 Å². The van der Waals surface area contributed by atoms with Crippen LogP contribution in [0.2, 0.25) is 0 Å². The third-order valence-electron chi connectivity index (χ3n) is 4.47. The van der Waals surface area contributed by atoms with Gasteiger partial charge in [0.25, 0.3) is 0 Å². The molecule has 118 valence electrons. The molecule has 0 spiro atoms. The van der Waals surface area contributed by atoms with Gasteiger partial charge in [0.1, 0.15) is 5.82 Å². The minimum Gasteiger partial charge on any atom is -0.352 e. The molecule has 3 heterocycles. The van der Waals surface area contributed by atoms with Gasteiger partial charge in [-0.3, -0.25) is 14.6 Å². The van der Waals surface area contributed by atoms with Gasteiger partial charge < -0.3 is 14.7 Å². The summed E-state index contributed by atoms with van der Waals surface area (Å²) >= 11 is 0. The molecule has 0 N–H and O–H groups in total. The molecule has 0 bridgehead atoms. The molecule has 7 nitrogen and oxygen atoms in total. The molecular weight excluding hydrogens is 282 g/mol. The summed E-state index contributed by atoms with van der Waals surface area (Å²) in [7, 11) is 1.79. The van der Waals surface area contributed by atoms with Crippen LogP contribution in [0, 0.1) is 5.92 Å². The van der Waals surface area contributed by atoms with E-state index in [1.807, 2.05) is 4.90 Å². The van der Waals surface area contributed by atoms with Crippen LogP contribution in [0.5, 0.6) is 0 Å². The molecule has 2 aliphatic rings. The summed E-state index contributed by atoms with van der Waals surface area (Å²) in [6.07, 6.45) is 6.19. The minimum absolute atomic E-state index is 0.0720. The van der Waals surface area contributed by atoms with Crippen LogP contribution in [0.1, 0.15) is 12.8 Å². The second-order valence-corrected chi connectivity index (χ2v) is 5.88. The van der Waals surface area contributed by atoms with Gasteiger partial charge in [0.2, 0.25) is 11.8 Å². The van der Waals surface area contributed by atoms with Crippen molar-refractivity contribution in [2.24, 2.45) is 5.92 Å². The summed E-state index contributed by atoms with van der Waals surface area (Å²) in [5.74, 6) is 0.902. The number of nitrogens with zero attached hydrogens (tertiary/aromatic N) is 5. The monoisotopic (exact) mass is 303 g/mol. The predicted molar refractivity (Wildman–Crippen MR) is 81.2 cm³/mol. The maximum absolute atomic E-state index is 12.6. The first-order valence-corrected chi connectivity index (χ1v) is 7.69. The fourth-order valence-corrected chi connectivity index (χ4v) is 3.02. The fourth-order valence-electron chi connectivity index (χ4n) is 3.02. The van der Waals surface area contributed by atoms with Crippen LogP contribution in [-0.4, -0.2) is 71.4 Å². The molecule has 2 fully saturated rings. The Morgan fingerprint density at radius 1 is 1.18 bits per heavy atom. The van der Waals surface area contributed by atoms with Crippen LogP contribution in [0.4, 0.5) is 5.82 Å². The highest BCUT2D eigenvalue weighted by Gasteiger charge is 2.32. The number of piperazine rings is 1. The number of likely N-dealkylation sites (tertiary alicyclic amines) is 1. The normalized spacial score (nSPS) is 22.9. The van der Waals surface area contributed by atoms with Gasteiger partial charge >= 0.3 is 0 Å². The van der Waals surface area contributed by atoms with Gasteiger partial charge in [0.05, 0.1) is 6.20 Å². The topological polar surface area (TPSA) is 69.6 Å². The summed E-state index contributed by atoms with van der Waals surface area (Å²) in [4.78, 5) is 38.4. The average molecular weight is 303 g/mol. The summed E-state index contributed by atoms with van der Waals surface area (Å²) in [6.45, 7) is 3.54. The van der Waals surface area contributed by atoms with Crippen molar-refractivity contribution in [3.63, 3.8) is 0 Å². The SMILES string of the molecule is CN1CCC(C(=O)N2CCN(c3cnccn3)CC2)CC1=O. The molecule has 3 rings (SSSR count). The zero-order chi connectivity index (χ0) is 15.5. The van der Waals surface area contributed by atoms with Crippen molar-refractivity contribution in [2.45, 2.75) is 12.8 Å². The number of piperidine rings is 1. The third-order valence-corrected chi connectivity index (χ3v) is 4.47. The molecule has 0 radical (unpaired) electrons. The van der Waals surface area contributed by atoms with E-state index in [4.69, 9.17) is 0 Å². The van der Waals surface area contributed by atoms with E-state index in [0.717, 1.165) is 25.3 Å². The van der Waals surface area contributed by atoms with Gasteiger partial charge in [0, 0.05) is 64.5 Å². The summed E-state index contributed by atoms with van der Waals surface area (Å²) in [6, 6.07) is 0. The van der Waals surface area contributed by atoms with E-state index in [-0.39, 0.29) is 17.7 Å². The van der Waals surface area contributed by atoms with Crippen LogP contribution in [0.3, 0.4) is 0 Å². The Morgan fingerprint density at radius 3 is 2.59 bits per heavy atom. The number of hydrogen-bond donors (Lipinski definition) is 0. The van der Waals surface area contributed by atoms with Crippen LogP contribution >= 0.6 is 0 Å². The van der Waals surface area contributed by atoms with Gasteiger partial charge in [-0.25, -0.2) is 4.98 Å². The molecule has 2 saturated heterocycles. The number of rotatable bonds is 2. The lowest BCUT2D eigenvalue weighted by atomic mass is 9.94. The molecule has 1 atom stereocenters. The fraction of sp³-hybridized carbons (Fsp3) is 0.600. The first-order valence-electron chi connectivity index (χ1n) is 7.69. The van der Waals surface area contributed by atoms with Crippen molar-refractivity contribution < 1.29 is 9.59 Å². The Labute approximate surface area is 129 Å². The van der Waals surface area contributed by atoms with Crippen molar-refractivity contribution in [3.05, 3.63) is 18.6 Å². The van der Waals surface area contributed by atoms with Gasteiger partial charge in [-0.15, -0.1) is 0 Å². The summed E-state index contributed by atoms with van der Waals surface area (Å²) < 4.78 is 0. The molecule has 1 aromatic rings. The van der Waals surface area contributed by atoms with Crippen molar-refractivity contribution >= 4 is 17.6 Å². The van der Waals surface area contributed by atoms with E-state index in [0.29, 0.717) is 26.1 Å². The Hall–Kier alpha value is -2.18. The number of carbonyl (C=O) groups excluding carboxylic acids is 2. The highest BCUT2D eigenvalue weighted by atomic mass is 16.2. The molecule has 0 aromatic carbocycles. The zero-order valence-electron chi connectivity index (χ0n) is 12.8. The molecular formula is C15H21N5O2.